The van der Waals surface area contributed by atoms with Gasteiger partial charge in [-0.25, -0.2) is 30.9 Å². The van der Waals surface area contributed by atoms with Gasteiger partial charge in [-0.2, -0.15) is 0 Å². The first kappa shape index (κ1) is 22.2. The molecule has 3 rings (SSSR count). The van der Waals surface area contributed by atoms with Crippen molar-refractivity contribution < 1.29 is 26.0 Å². The minimum absolute atomic E-state index is 0.105. The van der Waals surface area contributed by atoms with Gasteiger partial charge in [-0.05, 0) is 35.9 Å². The fourth-order valence-electron chi connectivity index (χ4n) is 2.40. The molecule has 7 nitrogen and oxygen atoms in total. The van der Waals surface area contributed by atoms with Crippen molar-refractivity contribution in [1.82, 2.24) is 9.71 Å². The molecule has 0 aliphatic heterocycles. The number of hydrogen-bond donors (Lipinski definition) is 1. The van der Waals surface area contributed by atoms with Crippen molar-refractivity contribution in [3.63, 3.8) is 0 Å². The highest BCUT2D eigenvalue weighted by Crippen LogP contribution is 2.25. The summed E-state index contributed by atoms with van der Waals surface area (Å²) in [5.41, 5.74) is 0.514. The molecule has 0 spiro atoms. The van der Waals surface area contributed by atoms with Crippen molar-refractivity contribution in [3.8, 4) is 11.6 Å². The molecule has 0 saturated heterocycles. The van der Waals surface area contributed by atoms with Crippen LogP contribution in [0.2, 0.25) is 5.02 Å². The Morgan fingerprint density at radius 1 is 1.07 bits per heavy atom. The fraction of sp³-hybridized carbons (Fsp3) is 0.105. The highest BCUT2D eigenvalue weighted by molar-refractivity contribution is 7.91. The summed E-state index contributed by atoms with van der Waals surface area (Å²) in [4.78, 5) is 3.56. The van der Waals surface area contributed by atoms with Crippen LogP contribution in [0.25, 0.3) is 0 Å². The van der Waals surface area contributed by atoms with Crippen molar-refractivity contribution >= 4 is 31.5 Å². The minimum atomic E-state index is -4.08. The average molecular weight is 471 g/mol. The molecule has 0 atom stereocenters. The van der Waals surface area contributed by atoms with Crippen LogP contribution in [0.4, 0.5) is 4.39 Å². The molecular weight excluding hydrogens is 455 g/mol. The van der Waals surface area contributed by atoms with Gasteiger partial charge in [-0.15, -0.1) is 0 Å². The van der Waals surface area contributed by atoms with E-state index in [1.54, 1.807) is 12.1 Å². The van der Waals surface area contributed by atoms with E-state index in [2.05, 4.69) is 9.71 Å². The SMILES string of the molecule is CS(=O)(=O)c1ccc(Cl)c(S(=O)(=O)NCc2ccc(Oc3cccc(F)c3)nc2)c1. The highest BCUT2D eigenvalue weighted by atomic mass is 35.5. The number of aromatic nitrogens is 1. The van der Waals surface area contributed by atoms with Crippen LogP contribution >= 0.6 is 11.6 Å². The number of pyridine rings is 1. The van der Waals surface area contributed by atoms with Crippen molar-refractivity contribution in [2.75, 3.05) is 6.26 Å². The monoisotopic (exact) mass is 470 g/mol. The van der Waals surface area contributed by atoms with Crippen LogP contribution in [0.5, 0.6) is 11.6 Å². The third-order valence-electron chi connectivity index (χ3n) is 3.90. The Hall–Kier alpha value is -2.53. The maximum absolute atomic E-state index is 13.2. The number of ether oxygens (including phenoxy) is 1. The van der Waals surface area contributed by atoms with Gasteiger partial charge in [0, 0.05) is 31.1 Å². The molecule has 158 valence electrons. The van der Waals surface area contributed by atoms with Crippen LogP contribution in [-0.2, 0) is 26.4 Å². The molecule has 30 heavy (non-hydrogen) atoms. The Bertz CT molecular complexity index is 1280. The first-order valence-electron chi connectivity index (χ1n) is 8.42. The molecule has 0 aliphatic rings. The number of rotatable bonds is 7. The van der Waals surface area contributed by atoms with Crippen molar-refractivity contribution in [2.45, 2.75) is 16.3 Å². The topological polar surface area (TPSA) is 102 Å². The Kier molecular flexibility index (Phi) is 6.41. The summed E-state index contributed by atoms with van der Waals surface area (Å²) < 4.78 is 69.5. The van der Waals surface area contributed by atoms with Crippen molar-refractivity contribution in [2.24, 2.45) is 0 Å². The maximum atomic E-state index is 13.2. The van der Waals surface area contributed by atoms with E-state index in [0.29, 0.717) is 5.56 Å². The van der Waals surface area contributed by atoms with Crippen LogP contribution in [0, 0.1) is 5.82 Å². The first-order chi connectivity index (χ1) is 14.0. The van der Waals surface area contributed by atoms with E-state index >= 15 is 0 Å². The lowest BCUT2D eigenvalue weighted by molar-refractivity contribution is 0.457. The molecule has 0 unspecified atom stereocenters. The lowest BCUT2D eigenvalue weighted by Crippen LogP contribution is -2.24. The third kappa shape index (κ3) is 5.54. The number of sulfonamides is 1. The Labute approximate surface area is 178 Å². The summed E-state index contributed by atoms with van der Waals surface area (Å²) in [6.07, 6.45) is 2.37. The summed E-state index contributed by atoms with van der Waals surface area (Å²) in [5.74, 6) is 0.0320. The molecule has 0 radical (unpaired) electrons. The van der Waals surface area contributed by atoms with Gasteiger partial charge in [0.2, 0.25) is 15.9 Å². The summed E-state index contributed by atoms with van der Waals surface area (Å²) >= 11 is 5.95. The molecule has 11 heteroatoms. The predicted molar refractivity (Wildman–Crippen MR) is 109 cm³/mol. The molecule has 3 aromatic rings. The van der Waals surface area contributed by atoms with Gasteiger partial charge in [0.05, 0.1) is 9.92 Å². The van der Waals surface area contributed by atoms with Crippen molar-refractivity contribution in [3.05, 3.63) is 77.2 Å². The Morgan fingerprint density at radius 2 is 1.83 bits per heavy atom. The zero-order chi connectivity index (χ0) is 21.9. The van der Waals surface area contributed by atoms with Crippen LogP contribution in [0.15, 0.2) is 70.6 Å². The second-order valence-electron chi connectivity index (χ2n) is 6.25. The number of hydrogen-bond acceptors (Lipinski definition) is 6. The molecule has 1 N–H and O–H groups in total. The summed E-state index contributed by atoms with van der Waals surface area (Å²) in [6, 6.07) is 12.1. The lowest BCUT2D eigenvalue weighted by atomic mass is 10.3. The smallest absolute Gasteiger partial charge is 0.242 e. The van der Waals surface area contributed by atoms with E-state index in [1.807, 2.05) is 0 Å². The number of sulfone groups is 1. The molecule has 0 bridgehead atoms. The van der Waals surface area contributed by atoms with Gasteiger partial charge in [-0.3, -0.25) is 0 Å². The van der Waals surface area contributed by atoms with E-state index in [4.69, 9.17) is 16.3 Å². The Balaban J connectivity index is 1.72. The number of halogens is 2. The van der Waals surface area contributed by atoms with Gasteiger partial charge in [0.25, 0.3) is 0 Å². The van der Waals surface area contributed by atoms with Crippen LogP contribution < -0.4 is 9.46 Å². The molecule has 0 saturated carbocycles. The highest BCUT2D eigenvalue weighted by Gasteiger charge is 2.21. The third-order valence-corrected chi connectivity index (χ3v) is 6.90. The van der Waals surface area contributed by atoms with Gasteiger partial charge in [0.1, 0.15) is 16.5 Å². The zero-order valence-corrected chi connectivity index (χ0v) is 17.9. The minimum Gasteiger partial charge on any atom is -0.439 e. The van der Waals surface area contributed by atoms with Gasteiger partial charge in [-0.1, -0.05) is 23.7 Å². The maximum Gasteiger partial charge on any atom is 0.242 e. The quantitative estimate of drug-likeness (QED) is 0.566. The molecule has 2 aromatic carbocycles. The van der Waals surface area contributed by atoms with Crippen molar-refractivity contribution in [1.29, 1.82) is 0 Å². The van der Waals surface area contributed by atoms with Crippen LogP contribution in [0.3, 0.4) is 0 Å². The first-order valence-corrected chi connectivity index (χ1v) is 12.2. The van der Waals surface area contributed by atoms with E-state index in [1.165, 1.54) is 42.6 Å². The predicted octanol–water partition coefficient (Wildman–Crippen LogP) is 3.55. The van der Waals surface area contributed by atoms with E-state index in [9.17, 15) is 21.2 Å². The molecule has 0 aliphatic carbocycles. The van der Waals surface area contributed by atoms with Crippen LogP contribution in [0.1, 0.15) is 5.56 Å². The van der Waals surface area contributed by atoms with Gasteiger partial charge < -0.3 is 4.74 Å². The second-order valence-corrected chi connectivity index (χ2v) is 10.4. The van der Waals surface area contributed by atoms with E-state index in [0.717, 1.165) is 12.3 Å². The van der Waals surface area contributed by atoms with Gasteiger partial charge in [0.15, 0.2) is 9.84 Å². The summed E-state index contributed by atoms with van der Waals surface area (Å²) in [5, 5.41) is -0.105. The molecular formula is C19H16ClFN2O5S2. The molecule has 0 fully saturated rings. The average Bonchev–Trinajstić information content (AvgIpc) is 2.67. The second kappa shape index (κ2) is 8.68. The number of nitrogens with zero attached hydrogens (tertiary/aromatic N) is 1. The standard InChI is InChI=1S/C19H16ClFN2O5S2/c1-29(24,25)16-6-7-17(20)18(10-16)30(26,27)23-12-13-5-8-19(22-11-13)28-15-4-2-3-14(21)9-15/h2-11,23H,12H2,1H3. The zero-order valence-electron chi connectivity index (χ0n) is 15.5. The number of benzene rings is 2. The van der Waals surface area contributed by atoms with Crippen LogP contribution in [-0.4, -0.2) is 28.1 Å². The molecule has 1 heterocycles. The van der Waals surface area contributed by atoms with Gasteiger partial charge >= 0.3 is 0 Å². The normalized spacial score (nSPS) is 12.0. The fourth-order valence-corrected chi connectivity index (χ4v) is 4.67. The van der Waals surface area contributed by atoms with E-state index < -0.39 is 25.7 Å². The lowest BCUT2D eigenvalue weighted by Gasteiger charge is -2.10. The summed E-state index contributed by atoms with van der Waals surface area (Å²) in [7, 11) is -7.68. The molecule has 1 aromatic heterocycles. The largest absolute Gasteiger partial charge is 0.439 e. The molecule has 0 amide bonds. The Morgan fingerprint density at radius 3 is 2.47 bits per heavy atom. The summed E-state index contributed by atoms with van der Waals surface area (Å²) in [6.45, 7) is -0.116. The van der Waals surface area contributed by atoms with E-state index in [-0.39, 0.29) is 33.0 Å². The number of nitrogens with one attached hydrogen (secondary N) is 1.